The van der Waals surface area contributed by atoms with E-state index < -0.39 is 26.0 Å². The number of hydrogen-bond acceptors (Lipinski definition) is 5. The summed E-state index contributed by atoms with van der Waals surface area (Å²) in [6.07, 6.45) is 3.02. The summed E-state index contributed by atoms with van der Waals surface area (Å²) in [4.78, 5) is -0.117. The molecule has 2 aromatic carbocycles. The summed E-state index contributed by atoms with van der Waals surface area (Å²) >= 11 is 0. The lowest BCUT2D eigenvalue weighted by molar-refractivity contribution is 0.482. The zero-order chi connectivity index (χ0) is 23.6. The van der Waals surface area contributed by atoms with Gasteiger partial charge in [0.05, 0.1) is 16.3 Å². The Bertz CT molecular complexity index is 1360. The number of nitrogens with one attached hydrogen (secondary N) is 2. The minimum absolute atomic E-state index is 0.117. The average molecular weight is 493 g/mol. The van der Waals surface area contributed by atoms with E-state index >= 15 is 0 Å². The molecule has 4 rings (SSSR count). The minimum atomic E-state index is -4.16. The van der Waals surface area contributed by atoms with E-state index in [0.717, 1.165) is 16.8 Å². The van der Waals surface area contributed by atoms with Crippen molar-refractivity contribution in [1.29, 1.82) is 0 Å². The van der Waals surface area contributed by atoms with Crippen molar-refractivity contribution >= 4 is 25.9 Å². The third-order valence-corrected chi connectivity index (χ3v) is 8.62. The summed E-state index contributed by atoms with van der Waals surface area (Å²) in [5, 5.41) is 2.96. The van der Waals surface area contributed by atoms with Gasteiger partial charge in [0.2, 0.25) is 0 Å². The summed E-state index contributed by atoms with van der Waals surface area (Å²) in [6.45, 7) is 1.24. The van der Waals surface area contributed by atoms with Gasteiger partial charge in [-0.15, -0.1) is 0 Å². The fourth-order valence-electron chi connectivity index (χ4n) is 3.84. The van der Waals surface area contributed by atoms with Gasteiger partial charge in [0.25, 0.3) is 10.0 Å². The Kier molecular flexibility index (Phi) is 6.57. The van der Waals surface area contributed by atoms with Gasteiger partial charge in [-0.1, -0.05) is 18.2 Å². The first-order valence-electron chi connectivity index (χ1n) is 10.5. The largest absolute Gasteiger partial charge is 0.316 e. The Hall–Kier alpha value is -2.73. The lowest BCUT2D eigenvalue weighted by Gasteiger charge is -2.17. The lowest BCUT2D eigenvalue weighted by Crippen LogP contribution is -2.33. The number of benzene rings is 2. The Morgan fingerprint density at radius 1 is 0.970 bits per heavy atom. The molecule has 1 aliphatic rings. The predicted octanol–water partition coefficient (Wildman–Crippen LogP) is 3.00. The molecule has 1 aliphatic heterocycles. The van der Waals surface area contributed by atoms with Crippen LogP contribution in [0.1, 0.15) is 18.4 Å². The second-order valence-electron chi connectivity index (χ2n) is 7.79. The smallest absolute Gasteiger partial charge is 0.301 e. The molecule has 3 aromatic rings. The fraction of sp³-hybridized carbons (Fsp3) is 0.273. The first kappa shape index (κ1) is 23.4. The highest BCUT2D eigenvalue weighted by Crippen LogP contribution is 2.30. The second kappa shape index (κ2) is 9.26. The van der Waals surface area contributed by atoms with Crippen LogP contribution in [-0.2, 0) is 26.8 Å². The average Bonchev–Trinajstić information content (AvgIpc) is 3.45. The zero-order valence-electron chi connectivity index (χ0n) is 18.0. The molecular weight excluding hydrogens is 467 g/mol. The van der Waals surface area contributed by atoms with E-state index in [1.807, 2.05) is 0 Å². The van der Waals surface area contributed by atoms with Crippen LogP contribution in [0.2, 0.25) is 0 Å². The number of rotatable bonds is 8. The maximum Gasteiger partial charge on any atom is 0.301 e. The predicted molar refractivity (Wildman–Crippen MR) is 125 cm³/mol. The van der Waals surface area contributed by atoms with Gasteiger partial charge in [0.1, 0.15) is 5.82 Å². The van der Waals surface area contributed by atoms with E-state index in [-0.39, 0.29) is 21.8 Å². The van der Waals surface area contributed by atoms with Crippen LogP contribution in [0.5, 0.6) is 0 Å². The molecule has 8 nitrogen and oxygen atoms in total. The highest BCUT2D eigenvalue weighted by atomic mass is 32.2. The molecule has 11 heteroatoms. The van der Waals surface area contributed by atoms with Gasteiger partial charge in [-0.3, -0.25) is 4.72 Å². The third-order valence-electron chi connectivity index (χ3n) is 5.42. The summed E-state index contributed by atoms with van der Waals surface area (Å²) in [5.74, 6) is -0.546. The van der Waals surface area contributed by atoms with Gasteiger partial charge < -0.3 is 5.32 Å². The summed E-state index contributed by atoms with van der Waals surface area (Å²) < 4.78 is 71.7. The maximum atomic E-state index is 14.5. The molecule has 176 valence electrons. The molecule has 0 radical (unpaired) electrons. The topological polar surface area (TPSA) is 101 Å². The van der Waals surface area contributed by atoms with Crippen LogP contribution in [0.15, 0.2) is 65.7 Å². The Balaban J connectivity index is 1.75. The molecule has 1 saturated heterocycles. The van der Waals surface area contributed by atoms with Crippen molar-refractivity contribution in [1.82, 2.24) is 13.6 Å². The molecule has 2 heterocycles. The molecule has 1 fully saturated rings. The van der Waals surface area contributed by atoms with Gasteiger partial charge in [-0.2, -0.15) is 12.7 Å². The molecular formula is C22H25FN4O4S2. The molecule has 0 bridgehead atoms. The number of anilines is 1. The van der Waals surface area contributed by atoms with Gasteiger partial charge in [0, 0.05) is 31.4 Å². The monoisotopic (exact) mass is 492 g/mol. The van der Waals surface area contributed by atoms with E-state index in [9.17, 15) is 21.2 Å². The van der Waals surface area contributed by atoms with Crippen LogP contribution < -0.4 is 10.0 Å². The van der Waals surface area contributed by atoms with Crippen molar-refractivity contribution in [2.24, 2.45) is 0 Å². The number of hydrogen-bond donors (Lipinski definition) is 2. The quantitative estimate of drug-likeness (QED) is 0.504. The SMILES string of the molecule is CNCc1cc(-c2ccccc2F)n(S(=O)(=O)c2cccc(NS(=O)(=O)N3CCCC3)c2)c1. The van der Waals surface area contributed by atoms with Crippen molar-refractivity contribution in [3.8, 4) is 11.3 Å². The van der Waals surface area contributed by atoms with Crippen LogP contribution in [0, 0.1) is 5.82 Å². The molecule has 0 atom stereocenters. The van der Waals surface area contributed by atoms with Crippen LogP contribution in [0.3, 0.4) is 0 Å². The lowest BCUT2D eigenvalue weighted by atomic mass is 10.1. The molecule has 0 aliphatic carbocycles. The molecule has 1 aromatic heterocycles. The van der Waals surface area contributed by atoms with Crippen molar-refractivity contribution in [3.05, 3.63) is 72.2 Å². The van der Waals surface area contributed by atoms with E-state index in [0.29, 0.717) is 25.2 Å². The van der Waals surface area contributed by atoms with Crippen molar-refractivity contribution in [2.45, 2.75) is 24.3 Å². The molecule has 0 spiro atoms. The van der Waals surface area contributed by atoms with E-state index in [2.05, 4.69) is 10.0 Å². The van der Waals surface area contributed by atoms with Gasteiger partial charge >= 0.3 is 10.2 Å². The third kappa shape index (κ3) is 4.81. The van der Waals surface area contributed by atoms with Gasteiger partial charge in [-0.25, -0.2) is 16.8 Å². The fourth-order valence-corrected chi connectivity index (χ4v) is 6.57. The highest BCUT2D eigenvalue weighted by molar-refractivity contribution is 7.90. The Morgan fingerprint density at radius 2 is 1.70 bits per heavy atom. The second-order valence-corrected chi connectivity index (χ2v) is 11.3. The minimum Gasteiger partial charge on any atom is -0.316 e. The molecule has 33 heavy (non-hydrogen) atoms. The Morgan fingerprint density at radius 3 is 2.39 bits per heavy atom. The van der Waals surface area contributed by atoms with Crippen LogP contribution in [0.4, 0.5) is 10.1 Å². The summed E-state index contributed by atoms with van der Waals surface area (Å²) in [7, 11) is -6.20. The molecule has 2 N–H and O–H groups in total. The summed E-state index contributed by atoms with van der Waals surface area (Å²) in [5.41, 5.74) is 1.12. The first-order valence-corrected chi connectivity index (χ1v) is 13.3. The molecule has 0 saturated carbocycles. The van der Waals surface area contributed by atoms with Crippen molar-refractivity contribution < 1.29 is 21.2 Å². The van der Waals surface area contributed by atoms with Gasteiger partial charge in [0.15, 0.2) is 0 Å². The van der Waals surface area contributed by atoms with E-state index in [4.69, 9.17) is 0 Å². The van der Waals surface area contributed by atoms with Crippen molar-refractivity contribution in [2.75, 3.05) is 24.9 Å². The Labute approximate surface area is 193 Å². The first-order chi connectivity index (χ1) is 15.7. The van der Waals surface area contributed by atoms with Crippen LogP contribution >= 0.6 is 0 Å². The van der Waals surface area contributed by atoms with Crippen LogP contribution in [0.25, 0.3) is 11.3 Å². The maximum absolute atomic E-state index is 14.5. The molecule has 0 unspecified atom stereocenters. The number of nitrogens with zero attached hydrogens (tertiary/aromatic N) is 2. The summed E-state index contributed by atoms with van der Waals surface area (Å²) in [6, 6.07) is 13.2. The van der Waals surface area contributed by atoms with E-state index in [1.54, 1.807) is 19.2 Å². The number of aromatic nitrogens is 1. The van der Waals surface area contributed by atoms with E-state index in [1.165, 1.54) is 53.0 Å². The van der Waals surface area contributed by atoms with Crippen LogP contribution in [-0.4, -0.2) is 45.3 Å². The molecule has 0 amide bonds. The normalized spacial score (nSPS) is 15.1. The zero-order valence-corrected chi connectivity index (χ0v) is 19.7. The van der Waals surface area contributed by atoms with Crippen molar-refractivity contribution in [3.63, 3.8) is 0 Å². The highest BCUT2D eigenvalue weighted by Gasteiger charge is 2.27. The van der Waals surface area contributed by atoms with Gasteiger partial charge in [-0.05, 0) is 61.9 Å². The number of halogens is 1. The standard InChI is InChI=1S/C22H25FN4O4S2/c1-24-15-17-13-22(20-9-2-3-10-21(20)23)27(16-17)32(28,29)19-8-6-7-18(14-19)25-33(30,31)26-11-4-5-12-26/h2-3,6-10,13-14,16,24-25H,4-5,11-12,15H2,1H3.